The van der Waals surface area contributed by atoms with Gasteiger partial charge >= 0.3 is 0 Å². The Bertz CT molecular complexity index is 320. The van der Waals surface area contributed by atoms with Crippen LogP contribution in [0.5, 0.6) is 0 Å². The van der Waals surface area contributed by atoms with E-state index in [0.717, 1.165) is 11.4 Å². The SMILES string of the molecule is CCCCCC(C)NC(C)Cc1ccc(Cl)cc1. The standard InChI is InChI=1S/C16H26ClN/c1-4-5-6-7-13(2)18-14(3)12-15-8-10-16(17)11-9-15/h8-11,13-14,18H,4-7,12H2,1-3H3. The number of unbranched alkanes of at least 4 members (excludes halogenated alkanes) is 2. The normalized spacial score (nSPS) is 14.4. The van der Waals surface area contributed by atoms with E-state index in [0.29, 0.717) is 12.1 Å². The van der Waals surface area contributed by atoms with Gasteiger partial charge in [-0.25, -0.2) is 0 Å². The topological polar surface area (TPSA) is 12.0 Å². The molecule has 0 aliphatic carbocycles. The Morgan fingerprint density at radius 2 is 1.72 bits per heavy atom. The summed E-state index contributed by atoms with van der Waals surface area (Å²) in [6, 6.07) is 9.29. The van der Waals surface area contributed by atoms with Gasteiger partial charge in [0.15, 0.2) is 0 Å². The summed E-state index contributed by atoms with van der Waals surface area (Å²) < 4.78 is 0. The van der Waals surface area contributed by atoms with E-state index < -0.39 is 0 Å². The Kier molecular flexibility index (Phi) is 7.38. The molecule has 1 aromatic rings. The largest absolute Gasteiger partial charge is 0.311 e. The third-order valence-electron chi connectivity index (χ3n) is 3.26. The van der Waals surface area contributed by atoms with E-state index in [1.807, 2.05) is 12.1 Å². The summed E-state index contributed by atoms with van der Waals surface area (Å²) in [7, 11) is 0. The first-order chi connectivity index (χ1) is 8.61. The smallest absolute Gasteiger partial charge is 0.0406 e. The molecule has 0 spiro atoms. The van der Waals surface area contributed by atoms with Crippen molar-refractivity contribution in [3.63, 3.8) is 0 Å². The van der Waals surface area contributed by atoms with Gasteiger partial charge in [0.25, 0.3) is 0 Å². The molecule has 2 atom stereocenters. The third kappa shape index (κ3) is 6.42. The summed E-state index contributed by atoms with van der Waals surface area (Å²) >= 11 is 5.89. The van der Waals surface area contributed by atoms with E-state index in [4.69, 9.17) is 11.6 Å². The maximum absolute atomic E-state index is 5.89. The summed E-state index contributed by atoms with van der Waals surface area (Å²) in [5, 5.41) is 4.48. The van der Waals surface area contributed by atoms with Crippen molar-refractivity contribution >= 4 is 11.6 Å². The fraction of sp³-hybridized carbons (Fsp3) is 0.625. The molecule has 0 saturated heterocycles. The van der Waals surface area contributed by atoms with Gasteiger partial charge in [0.1, 0.15) is 0 Å². The molecule has 2 unspecified atom stereocenters. The monoisotopic (exact) mass is 267 g/mol. The van der Waals surface area contributed by atoms with Crippen LogP contribution in [0.4, 0.5) is 0 Å². The lowest BCUT2D eigenvalue weighted by molar-refractivity contribution is 0.430. The molecule has 0 bridgehead atoms. The first-order valence-corrected chi connectivity index (χ1v) is 7.50. The molecule has 1 aromatic carbocycles. The Morgan fingerprint density at radius 3 is 2.33 bits per heavy atom. The highest BCUT2D eigenvalue weighted by atomic mass is 35.5. The van der Waals surface area contributed by atoms with Gasteiger partial charge < -0.3 is 5.32 Å². The molecule has 0 aliphatic rings. The molecule has 18 heavy (non-hydrogen) atoms. The molecule has 0 saturated carbocycles. The van der Waals surface area contributed by atoms with Crippen LogP contribution in [-0.4, -0.2) is 12.1 Å². The number of rotatable bonds is 8. The molecule has 1 N–H and O–H groups in total. The second-order valence-electron chi connectivity index (χ2n) is 5.30. The highest BCUT2D eigenvalue weighted by Crippen LogP contribution is 2.11. The van der Waals surface area contributed by atoms with Crippen molar-refractivity contribution in [1.82, 2.24) is 5.32 Å². The summed E-state index contributed by atoms with van der Waals surface area (Å²) in [5.74, 6) is 0. The lowest BCUT2D eigenvalue weighted by Crippen LogP contribution is -2.35. The van der Waals surface area contributed by atoms with Crippen LogP contribution in [-0.2, 0) is 6.42 Å². The molecule has 0 fully saturated rings. The molecule has 0 aromatic heterocycles. The van der Waals surface area contributed by atoms with Crippen molar-refractivity contribution in [1.29, 1.82) is 0 Å². The molecule has 0 aliphatic heterocycles. The highest BCUT2D eigenvalue weighted by molar-refractivity contribution is 6.30. The van der Waals surface area contributed by atoms with E-state index in [-0.39, 0.29) is 0 Å². The Morgan fingerprint density at radius 1 is 1.06 bits per heavy atom. The van der Waals surface area contributed by atoms with Gasteiger partial charge in [0, 0.05) is 17.1 Å². The summed E-state index contributed by atoms with van der Waals surface area (Å²) in [5.41, 5.74) is 1.35. The number of benzene rings is 1. The van der Waals surface area contributed by atoms with Gasteiger partial charge in [-0.2, -0.15) is 0 Å². The molecule has 1 nitrogen and oxygen atoms in total. The number of nitrogens with one attached hydrogen (secondary N) is 1. The van der Waals surface area contributed by atoms with Gasteiger partial charge in [-0.3, -0.25) is 0 Å². The minimum atomic E-state index is 0.516. The van der Waals surface area contributed by atoms with Crippen LogP contribution in [0.3, 0.4) is 0 Å². The minimum absolute atomic E-state index is 0.516. The van der Waals surface area contributed by atoms with Crippen molar-refractivity contribution in [2.75, 3.05) is 0 Å². The number of hydrogen-bond acceptors (Lipinski definition) is 1. The molecular formula is C16H26ClN. The molecule has 102 valence electrons. The zero-order valence-corrected chi connectivity index (χ0v) is 12.6. The summed E-state index contributed by atoms with van der Waals surface area (Å²) in [6.07, 6.45) is 6.32. The maximum Gasteiger partial charge on any atom is 0.0406 e. The summed E-state index contributed by atoms with van der Waals surface area (Å²) in [6.45, 7) is 6.79. The van der Waals surface area contributed by atoms with Crippen LogP contribution in [0.15, 0.2) is 24.3 Å². The lowest BCUT2D eigenvalue weighted by atomic mass is 10.0. The molecule has 2 heteroatoms. The number of hydrogen-bond donors (Lipinski definition) is 1. The van der Waals surface area contributed by atoms with E-state index in [1.54, 1.807) is 0 Å². The first-order valence-electron chi connectivity index (χ1n) is 7.12. The van der Waals surface area contributed by atoms with Crippen LogP contribution in [0, 0.1) is 0 Å². The highest BCUT2D eigenvalue weighted by Gasteiger charge is 2.07. The van der Waals surface area contributed by atoms with Crippen LogP contribution in [0.1, 0.15) is 52.0 Å². The van der Waals surface area contributed by atoms with Gasteiger partial charge in [0.2, 0.25) is 0 Å². The average Bonchev–Trinajstić information content (AvgIpc) is 2.32. The Labute approximate surface area is 117 Å². The molecule has 0 amide bonds. The van der Waals surface area contributed by atoms with Crippen LogP contribution in [0.2, 0.25) is 5.02 Å². The van der Waals surface area contributed by atoms with Gasteiger partial charge in [0.05, 0.1) is 0 Å². The van der Waals surface area contributed by atoms with E-state index in [2.05, 4.69) is 38.2 Å². The zero-order valence-electron chi connectivity index (χ0n) is 11.9. The fourth-order valence-electron chi connectivity index (χ4n) is 2.30. The second-order valence-corrected chi connectivity index (χ2v) is 5.73. The number of halogens is 1. The predicted octanol–water partition coefficient (Wildman–Crippen LogP) is 4.83. The van der Waals surface area contributed by atoms with Crippen LogP contribution in [0.25, 0.3) is 0 Å². The zero-order chi connectivity index (χ0) is 13.4. The van der Waals surface area contributed by atoms with Crippen molar-refractivity contribution in [2.24, 2.45) is 0 Å². The van der Waals surface area contributed by atoms with Gasteiger partial charge in [-0.1, -0.05) is 49.9 Å². The van der Waals surface area contributed by atoms with Crippen molar-refractivity contribution < 1.29 is 0 Å². The second kappa shape index (κ2) is 8.55. The molecule has 0 radical (unpaired) electrons. The van der Waals surface area contributed by atoms with Crippen molar-refractivity contribution in [3.8, 4) is 0 Å². The average molecular weight is 268 g/mol. The predicted molar refractivity (Wildman–Crippen MR) is 81.4 cm³/mol. The van der Waals surface area contributed by atoms with E-state index in [9.17, 15) is 0 Å². The minimum Gasteiger partial charge on any atom is -0.311 e. The maximum atomic E-state index is 5.89. The van der Waals surface area contributed by atoms with Gasteiger partial charge in [-0.05, 0) is 44.4 Å². The Hall–Kier alpha value is -0.530. The van der Waals surface area contributed by atoms with Crippen molar-refractivity contribution in [3.05, 3.63) is 34.9 Å². The first kappa shape index (κ1) is 15.5. The molecular weight excluding hydrogens is 242 g/mol. The Balaban J connectivity index is 2.27. The third-order valence-corrected chi connectivity index (χ3v) is 3.52. The molecule has 0 heterocycles. The van der Waals surface area contributed by atoms with E-state index >= 15 is 0 Å². The quantitative estimate of drug-likeness (QED) is 0.665. The lowest BCUT2D eigenvalue weighted by Gasteiger charge is -2.20. The summed E-state index contributed by atoms with van der Waals surface area (Å²) in [4.78, 5) is 0. The van der Waals surface area contributed by atoms with Crippen LogP contribution >= 0.6 is 11.6 Å². The van der Waals surface area contributed by atoms with Crippen molar-refractivity contribution in [2.45, 2.75) is 65.0 Å². The van der Waals surface area contributed by atoms with Gasteiger partial charge in [-0.15, -0.1) is 0 Å². The van der Waals surface area contributed by atoms with E-state index in [1.165, 1.54) is 31.2 Å². The fourth-order valence-corrected chi connectivity index (χ4v) is 2.43. The molecule has 1 rings (SSSR count). The van der Waals surface area contributed by atoms with Crippen LogP contribution < -0.4 is 5.32 Å².